The number of carbonyl (C=O) groups is 1. The Balaban J connectivity index is 2.59. The van der Waals surface area contributed by atoms with Gasteiger partial charge in [-0.1, -0.05) is 13.8 Å². The lowest BCUT2D eigenvalue weighted by Gasteiger charge is -2.12. The number of anilines is 1. The van der Waals surface area contributed by atoms with E-state index >= 15 is 0 Å². The molecule has 112 valence electrons. The summed E-state index contributed by atoms with van der Waals surface area (Å²) in [5.41, 5.74) is 4.46. The Labute approximate surface area is 115 Å². The summed E-state index contributed by atoms with van der Waals surface area (Å²) in [5, 5.41) is 2.62. The summed E-state index contributed by atoms with van der Waals surface area (Å²) >= 11 is 0. The summed E-state index contributed by atoms with van der Waals surface area (Å²) in [4.78, 5) is 11.4. The van der Waals surface area contributed by atoms with Crippen LogP contribution in [-0.4, -0.2) is 19.1 Å². The summed E-state index contributed by atoms with van der Waals surface area (Å²) in [7, 11) is 0. The van der Waals surface area contributed by atoms with Gasteiger partial charge in [0.15, 0.2) is 6.61 Å². The number of hydrogen-bond acceptors (Lipinski definition) is 3. The molecule has 0 aromatic heterocycles. The van der Waals surface area contributed by atoms with Crippen molar-refractivity contribution in [1.29, 1.82) is 0 Å². The quantitative estimate of drug-likeness (QED) is 0.819. The Morgan fingerprint density at radius 3 is 2.55 bits per heavy atom. The Morgan fingerprint density at radius 1 is 1.40 bits per heavy atom. The number of nitrogen functional groups attached to an aromatic ring is 1. The first-order valence-corrected chi connectivity index (χ1v) is 6.06. The first-order valence-electron chi connectivity index (χ1n) is 6.06. The Morgan fingerprint density at radius 2 is 2.05 bits per heavy atom. The molecule has 1 aromatic carbocycles. The van der Waals surface area contributed by atoms with Crippen LogP contribution in [0.2, 0.25) is 0 Å². The van der Waals surface area contributed by atoms with E-state index in [0.29, 0.717) is 12.5 Å². The van der Waals surface area contributed by atoms with Crippen LogP contribution in [0, 0.1) is 5.92 Å². The number of ether oxygens (including phenoxy) is 1. The zero-order chi connectivity index (χ0) is 15.3. The molecule has 0 aliphatic rings. The van der Waals surface area contributed by atoms with Crippen molar-refractivity contribution in [3.8, 4) is 5.75 Å². The molecule has 1 amide bonds. The van der Waals surface area contributed by atoms with Crippen LogP contribution < -0.4 is 15.8 Å². The lowest BCUT2D eigenvalue weighted by Crippen LogP contribution is -2.31. The molecule has 3 N–H and O–H groups in total. The predicted octanol–water partition coefficient (Wildman–Crippen LogP) is 2.44. The van der Waals surface area contributed by atoms with E-state index in [9.17, 15) is 18.0 Å². The van der Waals surface area contributed by atoms with Gasteiger partial charge in [-0.2, -0.15) is 13.2 Å². The Hall–Kier alpha value is -1.92. The van der Waals surface area contributed by atoms with Crippen molar-refractivity contribution in [2.24, 2.45) is 5.92 Å². The smallest absolute Gasteiger partial charge is 0.416 e. The highest BCUT2D eigenvalue weighted by atomic mass is 19.4. The van der Waals surface area contributed by atoms with Gasteiger partial charge in [-0.3, -0.25) is 4.79 Å². The predicted molar refractivity (Wildman–Crippen MR) is 69.2 cm³/mol. The first-order chi connectivity index (χ1) is 9.20. The highest BCUT2D eigenvalue weighted by Crippen LogP contribution is 2.33. The Bertz CT molecular complexity index is 473. The third kappa shape index (κ3) is 4.99. The molecule has 0 bridgehead atoms. The Kier molecular flexibility index (Phi) is 5.24. The molecule has 7 heteroatoms. The van der Waals surface area contributed by atoms with Crippen LogP contribution in [0.3, 0.4) is 0 Å². The molecular weight excluding hydrogens is 273 g/mol. The van der Waals surface area contributed by atoms with Gasteiger partial charge in [-0.15, -0.1) is 0 Å². The minimum absolute atomic E-state index is 0.0534. The zero-order valence-electron chi connectivity index (χ0n) is 11.3. The van der Waals surface area contributed by atoms with Gasteiger partial charge in [0.1, 0.15) is 5.75 Å². The van der Waals surface area contributed by atoms with Gasteiger partial charge < -0.3 is 15.8 Å². The fourth-order valence-corrected chi connectivity index (χ4v) is 1.37. The van der Waals surface area contributed by atoms with Crippen molar-refractivity contribution in [2.75, 3.05) is 18.9 Å². The maximum Gasteiger partial charge on any atom is 0.416 e. The van der Waals surface area contributed by atoms with Crippen LogP contribution in [0.4, 0.5) is 18.9 Å². The van der Waals surface area contributed by atoms with Crippen LogP contribution >= 0.6 is 0 Å². The number of nitrogens with two attached hydrogens (primary N) is 1. The fraction of sp³-hybridized carbons (Fsp3) is 0.462. The molecule has 20 heavy (non-hydrogen) atoms. The molecule has 0 spiro atoms. The van der Waals surface area contributed by atoms with Crippen LogP contribution in [0.1, 0.15) is 19.4 Å². The molecule has 0 saturated carbocycles. The third-order valence-electron chi connectivity index (χ3n) is 2.40. The summed E-state index contributed by atoms with van der Waals surface area (Å²) in [5.74, 6) is 0.00535. The second-order valence-electron chi connectivity index (χ2n) is 4.74. The number of rotatable bonds is 5. The number of nitrogens with one attached hydrogen (secondary N) is 1. The molecule has 0 fully saturated rings. The highest BCUT2D eigenvalue weighted by molar-refractivity contribution is 5.77. The summed E-state index contributed by atoms with van der Waals surface area (Å²) in [6.07, 6.45) is -4.46. The molecule has 1 rings (SSSR count). The van der Waals surface area contributed by atoms with Crippen molar-refractivity contribution >= 4 is 11.6 Å². The molecule has 0 atom stereocenters. The second-order valence-corrected chi connectivity index (χ2v) is 4.74. The van der Waals surface area contributed by atoms with E-state index in [-0.39, 0.29) is 24.0 Å². The molecule has 4 nitrogen and oxygen atoms in total. The molecular formula is C13H17F3N2O2. The van der Waals surface area contributed by atoms with Crippen LogP contribution in [0.5, 0.6) is 5.75 Å². The third-order valence-corrected chi connectivity index (χ3v) is 2.40. The molecule has 0 unspecified atom stereocenters. The van der Waals surface area contributed by atoms with Gasteiger partial charge in [-0.25, -0.2) is 0 Å². The van der Waals surface area contributed by atoms with Crippen molar-refractivity contribution in [2.45, 2.75) is 20.0 Å². The van der Waals surface area contributed by atoms with E-state index in [4.69, 9.17) is 10.5 Å². The lowest BCUT2D eigenvalue weighted by atomic mass is 10.2. The van der Waals surface area contributed by atoms with E-state index in [2.05, 4.69) is 5.32 Å². The van der Waals surface area contributed by atoms with E-state index in [1.54, 1.807) is 0 Å². The summed E-state index contributed by atoms with van der Waals surface area (Å²) < 4.78 is 42.4. The lowest BCUT2D eigenvalue weighted by molar-refractivity contribution is -0.137. The van der Waals surface area contributed by atoms with Crippen LogP contribution in [0.25, 0.3) is 0 Å². The van der Waals surface area contributed by atoms with Gasteiger partial charge in [0, 0.05) is 6.54 Å². The van der Waals surface area contributed by atoms with Gasteiger partial charge >= 0.3 is 6.18 Å². The minimum Gasteiger partial charge on any atom is -0.482 e. The average molecular weight is 290 g/mol. The molecule has 0 aliphatic carbocycles. The minimum atomic E-state index is -4.46. The van der Waals surface area contributed by atoms with E-state index < -0.39 is 11.7 Å². The molecule has 0 radical (unpaired) electrons. The fourth-order valence-electron chi connectivity index (χ4n) is 1.37. The van der Waals surface area contributed by atoms with Gasteiger partial charge in [0.25, 0.3) is 5.91 Å². The number of benzene rings is 1. The standard InChI is InChI=1S/C13H17F3N2O2/c1-8(2)6-18-12(19)7-20-11-4-3-9(5-10(11)17)13(14,15)16/h3-5,8H,6-7,17H2,1-2H3,(H,18,19). The normalized spacial score (nSPS) is 11.5. The number of hydrogen-bond donors (Lipinski definition) is 2. The second kappa shape index (κ2) is 6.49. The van der Waals surface area contributed by atoms with Crippen LogP contribution in [-0.2, 0) is 11.0 Å². The number of carbonyl (C=O) groups excluding carboxylic acids is 1. The van der Waals surface area contributed by atoms with E-state index in [0.717, 1.165) is 18.2 Å². The number of halogens is 3. The van der Waals surface area contributed by atoms with Gasteiger partial charge in [0.05, 0.1) is 11.3 Å². The topological polar surface area (TPSA) is 64.3 Å². The molecule has 0 saturated heterocycles. The molecule has 0 aliphatic heterocycles. The van der Waals surface area contributed by atoms with Gasteiger partial charge in [-0.05, 0) is 24.1 Å². The van der Waals surface area contributed by atoms with E-state index in [1.165, 1.54) is 0 Å². The summed E-state index contributed by atoms with van der Waals surface area (Å²) in [6.45, 7) is 4.09. The van der Waals surface area contributed by atoms with Crippen molar-refractivity contribution in [3.05, 3.63) is 23.8 Å². The highest BCUT2D eigenvalue weighted by Gasteiger charge is 2.30. The number of alkyl halides is 3. The van der Waals surface area contributed by atoms with Gasteiger partial charge in [0.2, 0.25) is 0 Å². The van der Waals surface area contributed by atoms with E-state index in [1.807, 2.05) is 13.8 Å². The molecule has 1 aromatic rings. The van der Waals surface area contributed by atoms with Crippen molar-refractivity contribution in [1.82, 2.24) is 5.32 Å². The van der Waals surface area contributed by atoms with Crippen LogP contribution in [0.15, 0.2) is 18.2 Å². The maximum absolute atomic E-state index is 12.4. The maximum atomic E-state index is 12.4. The summed E-state index contributed by atoms with van der Waals surface area (Å²) in [6, 6.07) is 2.74. The largest absolute Gasteiger partial charge is 0.482 e. The first kappa shape index (κ1) is 16.1. The monoisotopic (exact) mass is 290 g/mol. The average Bonchev–Trinajstić information content (AvgIpc) is 2.33. The SMILES string of the molecule is CC(C)CNC(=O)COc1ccc(C(F)(F)F)cc1N. The van der Waals surface area contributed by atoms with Crippen molar-refractivity contribution in [3.63, 3.8) is 0 Å². The van der Waals surface area contributed by atoms with Crippen molar-refractivity contribution < 1.29 is 22.7 Å². The zero-order valence-corrected chi connectivity index (χ0v) is 11.3. The molecule has 0 heterocycles. The number of amides is 1.